The molecular weight excluding hydrogens is 276 g/mol. The zero-order chi connectivity index (χ0) is 15.3. The minimum atomic E-state index is -0.636. The van der Waals surface area contributed by atoms with Gasteiger partial charge in [-0.25, -0.2) is 0 Å². The number of rotatable bonds is 4. The average molecular weight is 296 g/mol. The second kappa shape index (κ2) is 6.65. The summed E-state index contributed by atoms with van der Waals surface area (Å²) in [5.74, 6) is -1.23. The van der Waals surface area contributed by atoms with Gasteiger partial charge in [0.2, 0.25) is 0 Å². The van der Waals surface area contributed by atoms with Gasteiger partial charge in [-0.1, -0.05) is 0 Å². The van der Waals surface area contributed by atoms with Crippen LogP contribution in [0.15, 0.2) is 12.1 Å². The van der Waals surface area contributed by atoms with Gasteiger partial charge in [0.25, 0.3) is 0 Å². The highest BCUT2D eigenvalue weighted by Gasteiger charge is 2.19. The number of nitrogens with one attached hydrogen (secondary N) is 2. The number of Topliss-reactive ketones (excluding diaryl/α,β-unsaturated/α-hetero) is 1. The van der Waals surface area contributed by atoms with Gasteiger partial charge in [0.15, 0.2) is 5.78 Å². The van der Waals surface area contributed by atoms with E-state index in [-0.39, 0.29) is 5.78 Å². The van der Waals surface area contributed by atoms with E-state index in [1.807, 2.05) is 26.8 Å². The van der Waals surface area contributed by atoms with Crippen LogP contribution in [0.2, 0.25) is 0 Å². The van der Waals surface area contributed by atoms with Crippen LogP contribution in [-0.4, -0.2) is 29.7 Å². The summed E-state index contributed by atoms with van der Waals surface area (Å²) in [7, 11) is 0. The highest BCUT2D eigenvalue weighted by Crippen LogP contribution is 2.17. The molecule has 2 amide bonds. The van der Waals surface area contributed by atoms with Crippen LogP contribution in [0.25, 0.3) is 0 Å². The molecule has 2 N–H and O–H groups in total. The molecule has 0 spiro atoms. The van der Waals surface area contributed by atoms with E-state index in [4.69, 9.17) is 0 Å². The van der Waals surface area contributed by atoms with Gasteiger partial charge in [0, 0.05) is 17.0 Å². The molecule has 0 radical (unpaired) electrons. The lowest BCUT2D eigenvalue weighted by Crippen LogP contribution is -2.48. The lowest BCUT2D eigenvalue weighted by Gasteiger charge is -2.19. The molecule has 1 aromatic heterocycles. The fourth-order valence-corrected chi connectivity index (χ4v) is 2.38. The van der Waals surface area contributed by atoms with Gasteiger partial charge in [-0.2, -0.15) is 0 Å². The highest BCUT2D eigenvalue weighted by molar-refractivity contribution is 7.14. The second-order valence-electron chi connectivity index (χ2n) is 5.53. The molecule has 110 valence electrons. The van der Waals surface area contributed by atoms with E-state index < -0.39 is 17.4 Å². The first kappa shape index (κ1) is 16.4. The molecule has 0 atom stereocenters. The molecule has 20 heavy (non-hydrogen) atoms. The predicted molar refractivity (Wildman–Crippen MR) is 78.9 cm³/mol. The van der Waals surface area contributed by atoms with Gasteiger partial charge in [0.05, 0.1) is 4.88 Å². The molecule has 1 heterocycles. The van der Waals surface area contributed by atoms with E-state index in [1.165, 1.54) is 18.3 Å². The minimum absolute atomic E-state index is 0.0369. The number of hydrogen-bond donors (Lipinski definition) is 2. The molecule has 0 bridgehead atoms. The number of ketones is 1. The molecule has 0 aromatic carbocycles. The molecule has 0 aliphatic rings. The van der Waals surface area contributed by atoms with Crippen LogP contribution in [0.5, 0.6) is 0 Å². The van der Waals surface area contributed by atoms with Gasteiger partial charge in [-0.3, -0.25) is 14.4 Å². The number of amides is 2. The summed E-state index contributed by atoms with van der Waals surface area (Å²) in [6, 6.07) is 3.64. The van der Waals surface area contributed by atoms with E-state index in [2.05, 4.69) is 10.6 Å². The summed E-state index contributed by atoms with van der Waals surface area (Å²) in [5, 5.41) is 5.16. The second-order valence-corrected chi connectivity index (χ2v) is 6.70. The SMILES string of the molecule is CC(=O)c1ccc(CCNC(=O)C(=O)NC(C)(C)C)s1. The van der Waals surface area contributed by atoms with Gasteiger partial charge in [0.1, 0.15) is 0 Å². The van der Waals surface area contributed by atoms with Crippen LogP contribution in [0.4, 0.5) is 0 Å². The fraction of sp³-hybridized carbons (Fsp3) is 0.500. The molecule has 1 aromatic rings. The lowest BCUT2D eigenvalue weighted by molar-refractivity contribution is -0.140. The van der Waals surface area contributed by atoms with Crippen molar-refractivity contribution in [1.29, 1.82) is 0 Å². The van der Waals surface area contributed by atoms with Crippen molar-refractivity contribution in [3.8, 4) is 0 Å². The van der Waals surface area contributed by atoms with Crippen LogP contribution in [0.1, 0.15) is 42.2 Å². The molecule has 0 saturated carbocycles. The zero-order valence-corrected chi connectivity index (χ0v) is 13.0. The molecule has 1 rings (SSSR count). The minimum Gasteiger partial charge on any atom is -0.347 e. The van der Waals surface area contributed by atoms with Crippen LogP contribution in [0, 0.1) is 0 Å². The maximum absolute atomic E-state index is 11.6. The Balaban J connectivity index is 2.38. The summed E-state index contributed by atoms with van der Waals surface area (Å²) in [4.78, 5) is 35.9. The van der Waals surface area contributed by atoms with Crippen molar-refractivity contribution in [3.05, 3.63) is 21.9 Å². The maximum atomic E-state index is 11.6. The summed E-state index contributed by atoms with van der Waals surface area (Å²) in [6.07, 6.45) is 0.604. The Morgan fingerprint density at radius 2 is 1.80 bits per heavy atom. The van der Waals surface area contributed by atoms with Crippen LogP contribution in [0.3, 0.4) is 0 Å². The van der Waals surface area contributed by atoms with Crippen molar-refractivity contribution in [2.45, 2.75) is 39.7 Å². The van der Waals surface area contributed by atoms with Gasteiger partial charge in [-0.05, 0) is 46.2 Å². The Morgan fingerprint density at radius 1 is 1.15 bits per heavy atom. The average Bonchev–Trinajstić information content (AvgIpc) is 2.75. The first-order valence-corrected chi connectivity index (χ1v) is 7.20. The number of carbonyl (C=O) groups excluding carboxylic acids is 3. The summed E-state index contributed by atoms with van der Waals surface area (Å²) in [5.41, 5.74) is -0.432. The Kier molecular flexibility index (Phi) is 5.44. The van der Waals surface area contributed by atoms with Crippen LogP contribution < -0.4 is 10.6 Å². The molecule has 0 unspecified atom stereocenters. The van der Waals surface area contributed by atoms with E-state index in [0.717, 1.165) is 4.88 Å². The molecule has 0 aliphatic heterocycles. The molecular formula is C14H20N2O3S. The maximum Gasteiger partial charge on any atom is 0.309 e. The van der Waals surface area contributed by atoms with E-state index in [1.54, 1.807) is 6.07 Å². The van der Waals surface area contributed by atoms with Gasteiger partial charge < -0.3 is 10.6 Å². The molecule has 6 heteroatoms. The summed E-state index contributed by atoms with van der Waals surface area (Å²) >= 11 is 1.41. The Labute approximate surface area is 122 Å². The van der Waals surface area contributed by atoms with E-state index in [0.29, 0.717) is 17.8 Å². The number of carbonyl (C=O) groups is 3. The largest absolute Gasteiger partial charge is 0.347 e. The third kappa shape index (κ3) is 5.52. The molecule has 0 aliphatic carbocycles. The smallest absolute Gasteiger partial charge is 0.309 e. The standard InChI is InChI=1S/C14H20N2O3S/c1-9(17)11-6-5-10(20-11)7-8-15-12(18)13(19)16-14(2,3)4/h5-6H,7-8H2,1-4H3,(H,15,18)(H,16,19). The Bertz CT molecular complexity index is 515. The van der Waals surface area contributed by atoms with Crippen molar-refractivity contribution in [1.82, 2.24) is 10.6 Å². The van der Waals surface area contributed by atoms with Crippen molar-refractivity contribution < 1.29 is 14.4 Å². The summed E-state index contributed by atoms with van der Waals surface area (Å²) in [6.45, 7) is 7.33. The van der Waals surface area contributed by atoms with Crippen molar-refractivity contribution in [2.24, 2.45) is 0 Å². The molecule has 5 nitrogen and oxygen atoms in total. The van der Waals surface area contributed by atoms with Gasteiger partial charge >= 0.3 is 11.8 Å². The Hall–Kier alpha value is -1.69. The monoisotopic (exact) mass is 296 g/mol. The van der Waals surface area contributed by atoms with Crippen molar-refractivity contribution in [2.75, 3.05) is 6.54 Å². The summed E-state index contributed by atoms with van der Waals surface area (Å²) < 4.78 is 0. The van der Waals surface area contributed by atoms with Crippen LogP contribution in [-0.2, 0) is 16.0 Å². The quantitative estimate of drug-likeness (QED) is 0.653. The van der Waals surface area contributed by atoms with Crippen molar-refractivity contribution in [3.63, 3.8) is 0 Å². The topological polar surface area (TPSA) is 75.3 Å². The molecule has 0 saturated heterocycles. The molecule has 0 fully saturated rings. The predicted octanol–water partition coefficient (Wildman–Crippen LogP) is 1.52. The lowest BCUT2D eigenvalue weighted by atomic mass is 10.1. The van der Waals surface area contributed by atoms with Crippen LogP contribution >= 0.6 is 11.3 Å². The van der Waals surface area contributed by atoms with E-state index in [9.17, 15) is 14.4 Å². The first-order chi connectivity index (χ1) is 9.19. The fourth-order valence-electron chi connectivity index (χ4n) is 1.48. The van der Waals surface area contributed by atoms with Gasteiger partial charge in [-0.15, -0.1) is 11.3 Å². The number of thiophene rings is 1. The number of hydrogen-bond acceptors (Lipinski definition) is 4. The zero-order valence-electron chi connectivity index (χ0n) is 12.2. The normalized spacial score (nSPS) is 11.0. The third-order valence-corrected chi connectivity index (χ3v) is 3.61. The van der Waals surface area contributed by atoms with E-state index >= 15 is 0 Å². The third-order valence-electron chi connectivity index (χ3n) is 2.36. The van der Waals surface area contributed by atoms with Crippen molar-refractivity contribution >= 4 is 28.9 Å². The Morgan fingerprint density at radius 3 is 2.30 bits per heavy atom. The highest BCUT2D eigenvalue weighted by atomic mass is 32.1. The first-order valence-electron chi connectivity index (χ1n) is 6.39.